The van der Waals surface area contributed by atoms with Gasteiger partial charge in [0.15, 0.2) is 0 Å². The maximum Gasteiger partial charge on any atom is 0.221 e. The van der Waals surface area contributed by atoms with Crippen LogP contribution in [0.2, 0.25) is 0 Å². The van der Waals surface area contributed by atoms with E-state index in [1.54, 1.807) is 41.5 Å². The van der Waals surface area contributed by atoms with Crippen molar-refractivity contribution in [1.29, 1.82) is 5.26 Å². The quantitative estimate of drug-likeness (QED) is 0.847. The van der Waals surface area contributed by atoms with Crippen LogP contribution < -0.4 is 5.32 Å². The van der Waals surface area contributed by atoms with Crippen LogP contribution in [0.5, 0.6) is 0 Å². The van der Waals surface area contributed by atoms with Crippen molar-refractivity contribution in [1.82, 2.24) is 9.55 Å². The Labute approximate surface area is 98.3 Å². The van der Waals surface area contributed by atoms with Gasteiger partial charge in [0.25, 0.3) is 0 Å². The van der Waals surface area contributed by atoms with Crippen LogP contribution >= 0.6 is 0 Å². The summed E-state index contributed by atoms with van der Waals surface area (Å²) in [7, 11) is 0. The molecule has 1 aromatic heterocycles. The van der Waals surface area contributed by atoms with E-state index in [0.717, 1.165) is 5.69 Å². The lowest BCUT2D eigenvalue weighted by atomic mass is 10.1. The van der Waals surface area contributed by atoms with Crippen LogP contribution in [0.25, 0.3) is 5.69 Å². The fourth-order valence-corrected chi connectivity index (χ4v) is 1.53. The van der Waals surface area contributed by atoms with E-state index in [4.69, 9.17) is 5.26 Å². The molecule has 1 N–H and O–H groups in total. The average Bonchev–Trinajstić information content (AvgIpc) is 2.81. The highest BCUT2D eigenvalue weighted by molar-refractivity contribution is 5.89. The smallest absolute Gasteiger partial charge is 0.221 e. The van der Waals surface area contributed by atoms with E-state index in [2.05, 4.69) is 16.4 Å². The lowest BCUT2D eigenvalue weighted by molar-refractivity contribution is -0.114. The van der Waals surface area contributed by atoms with Gasteiger partial charge in [-0.05, 0) is 18.2 Å². The maximum absolute atomic E-state index is 10.9. The average molecular weight is 226 g/mol. The Hall–Kier alpha value is -2.61. The van der Waals surface area contributed by atoms with Gasteiger partial charge in [-0.15, -0.1) is 0 Å². The Morgan fingerprint density at radius 1 is 1.53 bits per heavy atom. The maximum atomic E-state index is 10.9. The van der Waals surface area contributed by atoms with Crippen LogP contribution in [0.15, 0.2) is 36.9 Å². The van der Waals surface area contributed by atoms with E-state index in [9.17, 15) is 4.79 Å². The number of nitrogens with one attached hydrogen (secondary N) is 1. The van der Waals surface area contributed by atoms with Gasteiger partial charge in [0, 0.05) is 25.0 Å². The second-order valence-corrected chi connectivity index (χ2v) is 3.49. The Morgan fingerprint density at radius 2 is 2.35 bits per heavy atom. The van der Waals surface area contributed by atoms with E-state index < -0.39 is 0 Å². The molecule has 84 valence electrons. The van der Waals surface area contributed by atoms with Crippen molar-refractivity contribution in [3.05, 3.63) is 42.5 Å². The van der Waals surface area contributed by atoms with Crippen LogP contribution in [0.1, 0.15) is 12.5 Å². The first kappa shape index (κ1) is 10.9. The number of benzene rings is 1. The SMILES string of the molecule is CC(=O)Nc1ccc(-n2ccnc2)c(C#N)c1. The van der Waals surface area contributed by atoms with Crippen molar-refractivity contribution in [2.24, 2.45) is 0 Å². The highest BCUT2D eigenvalue weighted by Gasteiger charge is 2.05. The van der Waals surface area contributed by atoms with E-state index >= 15 is 0 Å². The number of hydrogen-bond acceptors (Lipinski definition) is 3. The van der Waals surface area contributed by atoms with E-state index in [1.807, 2.05) is 0 Å². The van der Waals surface area contributed by atoms with Gasteiger partial charge in [-0.3, -0.25) is 4.79 Å². The summed E-state index contributed by atoms with van der Waals surface area (Å²) in [5, 5.41) is 11.7. The molecule has 0 unspecified atom stereocenters. The fraction of sp³-hybridized carbons (Fsp3) is 0.0833. The topological polar surface area (TPSA) is 70.7 Å². The highest BCUT2D eigenvalue weighted by Crippen LogP contribution is 2.18. The zero-order valence-corrected chi connectivity index (χ0v) is 9.21. The monoisotopic (exact) mass is 226 g/mol. The fourth-order valence-electron chi connectivity index (χ4n) is 1.53. The lowest BCUT2D eigenvalue weighted by Crippen LogP contribution is -2.06. The summed E-state index contributed by atoms with van der Waals surface area (Å²) in [6.07, 6.45) is 5.02. The first-order chi connectivity index (χ1) is 8.20. The summed E-state index contributed by atoms with van der Waals surface area (Å²) in [5.74, 6) is -0.163. The molecule has 0 bridgehead atoms. The second-order valence-electron chi connectivity index (χ2n) is 3.49. The molecule has 1 amide bonds. The minimum absolute atomic E-state index is 0.163. The summed E-state index contributed by atoms with van der Waals surface area (Å²) in [5.41, 5.74) is 1.83. The molecule has 1 aromatic carbocycles. The Balaban J connectivity index is 2.43. The van der Waals surface area contributed by atoms with Gasteiger partial charge < -0.3 is 9.88 Å². The Kier molecular flexibility index (Phi) is 2.88. The van der Waals surface area contributed by atoms with E-state index in [0.29, 0.717) is 11.3 Å². The lowest BCUT2D eigenvalue weighted by Gasteiger charge is -2.07. The number of amides is 1. The van der Waals surface area contributed by atoms with Crippen LogP contribution in [-0.4, -0.2) is 15.5 Å². The Morgan fingerprint density at radius 3 is 2.94 bits per heavy atom. The molecule has 0 aliphatic rings. The number of hydrogen-bond donors (Lipinski definition) is 1. The third kappa shape index (κ3) is 2.32. The molecule has 0 aliphatic carbocycles. The zero-order chi connectivity index (χ0) is 12.3. The van der Waals surface area contributed by atoms with Crippen LogP contribution in [0, 0.1) is 11.3 Å². The normalized spacial score (nSPS) is 9.65. The zero-order valence-electron chi connectivity index (χ0n) is 9.21. The Bertz CT molecular complexity index is 581. The molecule has 0 fully saturated rings. The molecular weight excluding hydrogens is 216 g/mol. The summed E-state index contributed by atoms with van der Waals surface area (Å²) in [6.45, 7) is 1.43. The van der Waals surface area contributed by atoms with Crippen molar-refractivity contribution < 1.29 is 4.79 Å². The van der Waals surface area contributed by atoms with Gasteiger partial charge in [0.1, 0.15) is 6.07 Å². The molecule has 0 saturated heterocycles. The van der Waals surface area contributed by atoms with E-state index in [1.165, 1.54) is 6.92 Å². The molecule has 0 aliphatic heterocycles. The minimum atomic E-state index is -0.163. The van der Waals surface area contributed by atoms with Gasteiger partial charge in [-0.25, -0.2) is 4.98 Å². The molecule has 0 spiro atoms. The molecule has 0 atom stereocenters. The van der Waals surface area contributed by atoms with Gasteiger partial charge in [-0.1, -0.05) is 0 Å². The summed E-state index contributed by atoms with van der Waals surface area (Å²) in [4.78, 5) is 14.8. The van der Waals surface area contributed by atoms with Crippen LogP contribution in [-0.2, 0) is 4.79 Å². The molecule has 5 nitrogen and oxygen atoms in total. The summed E-state index contributed by atoms with van der Waals surface area (Å²) >= 11 is 0. The molecular formula is C12H10N4O. The summed E-state index contributed by atoms with van der Waals surface area (Å²) in [6, 6.07) is 7.25. The number of nitrogens with zero attached hydrogens (tertiary/aromatic N) is 3. The second kappa shape index (κ2) is 4.49. The third-order valence-electron chi connectivity index (χ3n) is 2.22. The molecule has 5 heteroatoms. The van der Waals surface area contributed by atoms with Crippen molar-refractivity contribution in [2.75, 3.05) is 5.32 Å². The number of nitriles is 1. The number of anilines is 1. The first-order valence-corrected chi connectivity index (χ1v) is 5.01. The predicted molar refractivity (Wildman–Crippen MR) is 62.6 cm³/mol. The molecule has 2 rings (SSSR count). The van der Waals surface area contributed by atoms with Gasteiger partial charge >= 0.3 is 0 Å². The van der Waals surface area contributed by atoms with Crippen molar-refractivity contribution >= 4 is 11.6 Å². The number of carbonyl (C=O) groups is 1. The van der Waals surface area contributed by atoms with Gasteiger partial charge in [0.05, 0.1) is 17.6 Å². The molecule has 0 radical (unpaired) electrons. The third-order valence-corrected chi connectivity index (χ3v) is 2.22. The minimum Gasteiger partial charge on any atom is -0.326 e. The van der Waals surface area contributed by atoms with Crippen molar-refractivity contribution in [3.63, 3.8) is 0 Å². The largest absolute Gasteiger partial charge is 0.326 e. The number of carbonyl (C=O) groups excluding carboxylic acids is 1. The molecule has 17 heavy (non-hydrogen) atoms. The van der Waals surface area contributed by atoms with Crippen LogP contribution in [0.4, 0.5) is 5.69 Å². The molecule has 1 heterocycles. The molecule has 2 aromatic rings. The summed E-state index contributed by atoms with van der Waals surface area (Å²) < 4.78 is 1.75. The van der Waals surface area contributed by atoms with Crippen molar-refractivity contribution in [3.8, 4) is 11.8 Å². The predicted octanol–water partition coefficient (Wildman–Crippen LogP) is 1.70. The first-order valence-electron chi connectivity index (χ1n) is 5.01. The van der Waals surface area contributed by atoms with Crippen LogP contribution in [0.3, 0.4) is 0 Å². The standard InChI is InChI=1S/C12H10N4O/c1-9(17)15-11-2-3-12(10(6-11)7-13)16-5-4-14-8-16/h2-6,8H,1H3,(H,15,17). The number of imidazole rings is 1. The van der Waals surface area contributed by atoms with E-state index in [-0.39, 0.29) is 5.91 Å². The van der Waals surface area contributed by atoms with Crippen molar-refractivity contribution in [2.45, 2.75) is 6.92 Å². The number of rotatable bonds is 2. The van der Waals surface area contributed by atoms with Gasteiger partial charge in [0.2, 0.25) is 5.91 Å². The molecule has 0 saturated carbocycles. The van der Waals surface area contributed by atoms with Gasteiger partial charge in [-0.2, -0.15) is 5.26 Å². The number of aromatic nitrogens is 2. The highest BCUT2D eigenvalue weighted by atomic mass is 16.1.